The Balaban J connectivity index is 2.99. The van der Waals surface area contributed by atoms with Crippen LogP contribution in [0.25, 0.3) is 0 Å². The van der Waals surface area contributed by atoms with E-state index in [1.807, 2.05) is 6.92 Å². The van der Waals surface area contributed by atoms with Crippen LogP contribution in [-0.2, 0) is 12.8 Å². The molecule has 0 saturated carbocycles. The van der Waals surface area contributed by atoms with E-state index in [4.69, 9.17) is 0 Å². The van der Waals surface area contributed by atoms with Gasteiger partial charge in [-0.05, 0) is 38.1 Å². The zero-order valence-electron chi connectivity index (χ0n) is 8.53. The molecule has 0 spiro atoms. The standard InChI is InChI=1S/C11H15F2N/c1-3-8-4-5-10(12)9(11(8)13)6-7-14-2/h4-5,14H,3,6-7H2,1-2H3. The van der Waals surface area contributed by atoms with Crippen LogP contribution in [0, 0.1) is 11.6 Å². The summed E-state index contributed by atoms with van der Waals surface area (Å²) in [4.78, 5) is 0. The van der Waals surface area contributed by atoms with Gasteiger partial charge in [-0.25, -0.2) is 8.78 Å². The second-order valence-electron chi connectivity index (χ2n) is 3.21. The van der Waals surface area contributed by atoms with Crippen LogP contribution in [0.4, 0.5) is 8.78 Å². The molecule has 3 heteroatoms. The summed E-state index contributed by atoms with van der Waals surface area (Å²) in [6.07, 6.45) is 0.987. The molecule has 0 fully saturated rings. The molecule has 0 aliphatic rings. The molecule has 0 aromatic heterocycles. The minimum Gasteiger partial charge on any atom is -0.319 e. The zero-order chi connectivity index (χ0) is 10.6. The number of likely N-dealkylation sites (N-methyl/N-ethyl adjacent to an activating group) is 1. The van der Waals surface area contributed by atoms with Crippen molar-refractivity contribution in [3.8, 4) is 0 Å². The van der Waals surface area contributed by atoms with Gasteiger partial charge in [0.25, 0.3) is 0 Å². The SMILES string of the molecule is CCc1ccc(F)c(CCNC)c1F. The monoisotopic (exact) mass is 199 g/mol. The van der Waals surface area contributed by atoms with Crippen molar-refractivity contribution in [2.75, 3.05) is 13.6 Å². The molecule has 14 heavy (non-hydrogen) atoms. The van der Waals surface area contributed by atoms with Gasteiger partial charge in [-0.1, -0.05) is 13.0 Å². The van der Waals surface area contributed by atoms with Crippen LogP contribution in [0.5, 0.6) is 0 Å². The van der Waals surface area contributed by atoms with E-state index in [1.165, 1.54) is 12.1 Å². The number of aryl methyl sites for hydroxylation is 1. The van der Waals surface area contributed by atoms with Crippen molar-refractivity contribution in [2.45, 2.75) is 19.8 Å². The normalized spacial score (nSPS) is 10.6. The summed E-state index contributed by atoms with van der Waals surface area (Å²) < 4.78 is 26.8. The van der Waals surface area contributed by atoms with Gasteiger partial charge in [-0.3, -0.25) is 0 Å². The maximum atomic E-state index is 13.6. The lowest BCUT2D eigenvalue weighted by atomic mass is 10.0. The first-order valence-corrected chi connectivity index (χ1v) is 4.81. The predicted octanol–water partition coefficient (Wildman–Crippen LogP) is 2.29. The largest absolute Gasteiger partial charge is 0.319 e. The molecule has 1 nitrogen and oxygen atoms in total. The van der Waals surface area contributed by atoms with E-state index in [0.29, 0.717) is 24.9 Å². The van der Waals surface area contributed by atoms with Crippen LogP contribution in [0.3, 0.4) is 0 Å². The summed E-state index contributed by atoms with van der Waals surface area (Å²) in [5, 5.41) is 2.87. The molecule has 0 heterocycles. The van der Waals surface area contributed by atoms with Gasteiger partial charge in [-0.15, -0.1) is 0 Å². The van der Waals surface area contributed by atoms with Gasteiger partial charge < -0.3 is 5.32 Å². The first kappa shape index (κ1) is 11.1. The number of nitrogens with one attached hydrogen (secondary N) is 1. The molecule has 0 aliphatic heterocycles. The lowest BCUT2D eigenvalue weighted by molar-refractivity contribution is 0.542. The summed E-state index contributed by atoms with van der Waals surface area (Å²) in [5.41, 5.74) is 0.774. The average Bonchev–Trinajstić information content (AvgIpc) is 2.18. The molecular weight excluding hydrogens is 184 g/mol. The van der Waals surface area contributed by atoms with Crippen molar-refractivity contribution < 1.29 is 8.78 Å². The van der Waals surface area contributed by atoms with Gasteiger partial charge in [0.15, 0.2) is 0 Å². The Labute approximate surface area is 83.1 Å². The second-order valence-corrected chi connectivity index (χ2v) is 3.21. The van der Waals surface area contributed by atoms with Crippen molar-refractivity contribution in [2.24, 2.45) is 0 Å². The number of benzene rings is 1. The smallest absolute Gasteiger partial charge is 0.132 e. The molecule has 0 radical (unpaired) electrons. The summed E-state index contributed by atoms with van der Waals surface area (Å²) in [5.74, 6) is -0.835. The first-order valence-electron chi connectivity index (χ1n) is 4.81. The molecule has 0 aliphatic carbocycles. The summed E-state index contributed by atoms with van der Waals surface area (Å²) >= 11 is 0. The molecule has 0 amide bonds. The number of hydrogen-bond acceptors (Lipinski definition) is 1. The molecular formula is C11H15F2N. The average molecular weight is 199 g/mol. The second kappa shape index (κ2) is 5.05. The van der Waals surface area contributed by atoms with Crippen LogP contribution in [0.15, 0.2) is 12.1 Å². The quantitative estimate of drug-likeness (QED) is 0.784. The van der Waals surface area contributed by atoms with Crippen molar-refractivity contribution >= 4 is 0 Å². The van der Waals surface area contributed by atoms with E-state index in [-0.39, 0.29) is 11.4 Å². The molecule has 0 bridgehead atoms. The van der Waals surface area contributed by atoms with E-state index < -0.39 is 5.82 Å². The maximum Gasteiger partial charge on any atom is 0.132 e. The molecule has 1 rings (SSSR count). The lowest BCUT2D eigenvalue weighted by Gasteiger charge is -2.07. The van der Waals surface area contributed by atoms with E-state index in [0.717, 1.165) is 0 Å². The Morgan fingerprint density at radius 2 is 2.00 bits per heavy atom. The molecule has 1 aromatic rings. The van der Waals surface area contributed by atoms with E-state index >= 15 is 0 Å². The van der Waals surface area contributed by atoms with Crippen LogP contribution in [0.2, 0.25) is 0 Å². The van der Waals surface area contributed by atoms with Crippen molar-refractivity contribution in [3.05, 3.63) is 34.9 Å². The Morgan fingerprint density at radius 3 is 2.57 bits per heavy atom. The third-order valence-electron chi connectivity index (χ3n) is 2.27. The topological polar surface area (TPSA) is 12.0 Å². The van der Waals surface area contributed by atoms with E-state index in [2.05, 4.69) is 5.32 Å². The van der Waals surface area contributed by atoms with Gasteiger partial charge in [0.05, 0.1) is 0 Å². The van der Waals surface area contributed by atoms with Gasteiger partial charge in [0.2, 0.25) is 0 Å². The van der Waals surface area contributed by atoms with Crippen molar-refractivity contribution in [1.29, 1.82) is 0 Å². The molecule has 0 atom stereocenters. The molecule has 0 saturated heterocycles. The third-order valence-corrected chi connectivity index (χ3v) is 2.27. The minimum atomic E-state index is -0.449. The van der Waals surface area contributed by atoms with Crippen LogP contribution < -0.4 is 5.32 Å². The fraction of sp³-hybridized carbons (Fsp3) is 0.455. The summed E-state index contributed by atoms with van der Waals surface area (Å²) in [7, 11) is 1.76. The number of hydrogen-bond donors (Lipinski definition) is 1. The van der Waals surface area contributed by atoms with Crippen LogP contribution in [-0.4, -0.2) is 13.6 Å². The van der Waals surface area contributed by atoms with Crippen molar-refractivity contribution in [3.63, 3.8) is 0 Å². The molecule has 1 aromatic carbocycles. The fourth-order valence-electron chi connectivity index (χ4n) is 1.40. The highest BCUT2D eigenvalue weighted by molar-refractivity contribution is 5.27. The van der Waals surface area contributed by atoms with Gasteiger partial charge in [0.1, 0.15) is 11.6 Å². The highest BCUT2D eigenvalue weighted by Gasteiger charge is 2.11. The summed E-state index contributed by atoms with van der Waals surface area (Å²) in [6, 6.07) is 2.85. The predicted molar refractivity (Wildman–Crippen MR) is 53.4 cm³/mol. The number of rotatable bonds is 4. The Bertz CT molecular complexity index is 310. The molecule has 1 N–H and O–H groups in total. The van der Waals surface area contributed by atoms with Gasteiger partial charge in [0, 0.05) is 5.56 Å². The molecule has 78 valence electrons. The third kappa shape index (κ3) is 2.29. The Hall–Kier alpha value is -0.960. The van der Waals surface area contributed by atoms with Crippen molar-refractivity contribution in [1.82, 2.24) is 5.32 Å². The maximum absolute atomic E-state index is 13.6. The summed E-state index contributed by atoms with van der Waals surface area (Å²) in [6.45, 7) is 2.44. The highest BCUT2D eigenvalue weighted by atomic mass is 19.1. The Morgan fingerprint density at radius 1 is 1.29 bits per heavy atom. The minimum absolute atomic E-state index is 0.193. The zero-order valence-corrected chi connectivity index (χ0v) is 8.53. The van der Waals surface area contributed by atoms with E-state index in [1.54, 1.807) is 7.05 Å². The fourth-order valence-corrected chi connectivity index (χ4v) is 1.40. The van der Waals surface area contributed by atoms with Gasteiger partial charge >= 0.3 is 0 Å². The Kier molecular flexibility index (Phi) is 4.01. The molecule has 0 unspecified atom stereocenters. The van der Waals surface area contributed by atoms with Crippen LogP contribution >= 0.6 is 0 Å². The van der Waals surface area contributed by atoms with Crippen LogP contribution in [0.1, 0.15) is 18.1 Å². The number of halogens is 2. The lowest BCUT2D eigenvalue weighted by Crippen LogP contribution is -2.13. The first-order chi connectivity index (χ1) is 6.70. The van der Waals surface area contributed by atoms with E-state index in [9.17, 15) is 8.78 Å². The van der Waals surface area contributed by atoms with Gasteiger partial charge in [-0.2, -0.15) is 0 Å². The highest BCUT2D eigenvalue weighted by Crippen LogP contribution is 2.17.